The maximum Gasteiger partial charge on any atom is 0.123 e. The first-order valence-electron chi connectivity index (χ1n) is 15.0. The van der Waals surface area contributed by atoms with E-state index < -0.39 is 0 Å². The predicted molar refractivity (Wildman–Crippen MR) is 174 cm³/mol. The Morgan fingerprint density at radius 2 is 0.854 bits per heavy atom. The topological polar surface area (TPSA) is 40.5 Å². The summed E-state index contributed by atoms with van der Waals surface area (Å²) in [7, 11) is 0. The lowest BCUT2D eigenvalue weighted by Gasteiger charge is -2.30. The summed E-state index contributed by atoms with van der Waals surface area (Å²) in [6, 6.07) is 25.8. The lowest BCUT2D eigenvalue weighted by molar-refractivity contribution is 0.441. The molecule has 0 fully saturated rings. The standard InChI is InChI=1S/C39H48O2/c1-24(2)28-11-15-32(16-12-28)38(7,8)34-21-26(5)19-30(36(34)40)23-31-20-27(6)22-35(37(31)41)39(9,10)33-17-13-29(14-18-33)25(3)4/h11-22,24-25,40-41H,23H2,1-10H3. The van der Waals surface area contributed by atoms with Gasteiger partial charge in [-0.1, -0.05) is 139 Å². The first-order chi connectivity index (χ1) is 19.1. The van der Waals surface area contributed by atoms with Gasteiger partial charge >= 0.3 is 0 Å². The Labute approximate surface area is 248 Å². The van der Waals surface area contributed by atoms with E-state index in [1.165, 1.54) is 22.3 Å². The van der Waals surface area contributed by atoms with Crippen LogP contribution in [0.4, 0.5) is 0 Å². The van der Waals surface area contributed by atoms with Crippen LogP contribution in [0, 0.1) is 13.8 Å². The molecule has 4 aromatic carbocycles. The molecule has 4 aromatic rings. The molecule has 0 unspecified atom stereocenters. The Bertz CT molecular complexity index is 1400. The Morgan fingerprint density at radius 3 is 1.15 bits per heavy atom. The molecular weight excluding hydrogens is 500 g/mol. The zero-order chi connectivity index (χ0) is 30.3. The highest BCUT2D eigenvalue weighted by atomic mass is 16.3. The Balaban J connectivity index is 1.74. The minimum absolute atomic E-state index is 0.305. The van der Waals surface area contributed by atoms with E-state index in [2.05, 4.69) is 130 Å². The van der Waals surface area contributed by atoms with Crippen molar-refractivity contribution in [2.24, 2.45) is 0 Å². The fourth-order valence-corrected chi connectivity index (χ4v) is 6.02. The molecule has 2 nitrogen and oxygen atoms in total. The van der Waals surface area contributed by atoms with E-state index in [0.29, 0.717) is 29.8 Å². The summed E-state index contributed by atoms with van der Waals surface area (Å²) in [4.78, 5) is 0. The third-order valence-electron chi connectivity index (χ3n) is 8.99. The number of rotatable bonds is 8. The van der Waals surface area contributed by atoms with E-state index in [-0.39, 0.29) is 10.8 Å². The molecule has 0 bridgehead atoms. The number of aryl methyl sites for hydroxylation is 2. The number of benzene rings is 4. The maximum atomic E-state index is 11.7. The molecule has 0 radical (unpaired) electrons. The van der Waals surface area contributed by atoms with Crippen molar-refractivity contribution in [2.75, 3.05) is 0 Å². The molecule has 0 saturated heterocycles. The largest absolute Gasteiger partial charge is 0.507 e. The van der Waals surface area contributed by atoms with Crippen molar-refractivity contribution in [2.45, 2.75) is 98.3 Å². The number of phenols is 2. The molecule has 41 heavy (non-hydrogen) atoms. The highest BCUT2D eigenvalue weighted by Gasteiger charge is 2.30. The molecule has 2 N–H and O–H groups in total. The van der Waals surface area contributed by atoms with E-state index in [9.17, 15) is 10.2 Å². The van der Waals surface area contributed by atoms with E-state index in [1.54, 1.807) is 0 Å². The lowest BCUT2D eigenvalue weighted by atomic mass is 9.75. The van der Waals surface area contributed by atoms with Gasteiger partial charge < -0.3 is 10.2 Å². The van der Waals surface area contributed by atoms with Crippen LogP contribution in [0.15, 0.2) is 72.8 Å². The van der Waals surface area contributed by atoms with Gasteiger partial charge in [-0.15, -0.1) is 0 Å². The monoisotopic (exact) mass is 548 g/mol. The van der Waals surface area contributed by atoms with Crippen LogP contribution in [0.1, 0.15) is 123 Å². The van der Waals surface area contributed by atoms with Crippen LogP contribution >= 0.6 is 0 Å². The van der Waals surface area contributed by atoms with Crippen LogP contribution in [0.3, 0.4) is 0 Å². The second kappa shape index (κ2) is 11.4. The van der Waals surface area contributed by atoms with Crippen molar-refractivity contribution in [3.05, 3.63) is 128 Å². The smallest absolute Gasteiger partial charge is 0.123 e. The van der Waals surface area contributed by atoms with Crippen molar-refractivity contribution < 1.29 is 10.2 Å². The summed E-state index contributed by atoms with van der Waals surface area (Å²) < 4.78 is 0. The second-order valence-corrected chi connectivity index (χ2v) is 13.6. The van der Waals surface area contributed by atoms with Gasteiger partial charge in [-0.2, -0.15) is 0 Å². The average molecular weight is 549 g/mol. The summed E-state index contributed by atoms with van der Waals surface area (Å²) in [6.45, 7) is 21.7. The van der Waals surface area contributed by atoms with Gasteiger partial charge in [0, 0.05) is 28.4 Å². The normalized spacial score (nSPS) is 12.4. The highest BCUT2D eigenvalue weighted by molar-refractivity contribution is 5.56. The molecule has 0 heterocycles. The van der Waals surface area contributed by atoms with Gasteiger partial charge in [0.25, 0.3) is 0 Å². The molecule has 0 aromatic heterocycles. The van der Waals surface area contributed by atoms with Crippen LogP contribution in [0.5, 0.6) is 11.5 Å². The van der Waals surface area contributed by atoms with Gasteiger partial charge in [-0.3, -0.25) is 0 Å². The van der Waals surface area contributed by atoms with Gasteiger partial charge in [0.15, 0.2) is 0 Å². The minimum Gasteiger partial charge on any atom is -0.507 e. The fourth-order valence-electron chi connectivity index (χ4n) is 6.02. The molecule has 4 rings (SSSR count). The molecule has 2 heteroatoms. The lowest BCUT2D eigenvalue weighted by Crippen LogP contribution is -2.20. The van der Waals surface area contributed by atoms with Gasteiger partial charge in [0.2, 0.25) is 0 Å². The molecular formula is C39H48O2. The molecule has 0 aliphatic rings. The van der Waals surface area contributed by atoms with E-state index in [1.807, 2.05) is 12.1 Å². The average Bonchev–Trinajstić information content (AvgIpc) is 2.92. The van der Waals surface area contributed by atoms with Gasteiger partial charge in [-0.05, 0) is 59.1 Å². The van der Waals surface area contributed by atoms with Gasteiger partial charge in [0.1, 0.15) is 11.5 Å². The van der Waals surface area contributed by atoms with Gasteiger partial charge in [0.05, 0.1) is 0 Å². The Kier molecular flexibility index (Phi) is 8.46. The van der Waals surface area contributed by atoms with Crippen LogP contribution in [-0.4, -0.2) is 10.2 Å². The summed E-state index contributed by atoms with van der Waals surface area (Å²) in [5.41, 5.74) is 9.84. The fraction of sp³-hybridized carbons (Fsp3) is 0.385. The van der Waals surface area contributed by atoms with Crippen LogP contribution in [-0.2, 0) is 17.3 Å². The van der Waals surface area contributed by atoms with Crippen LogP contribution in [0.2, 0.25) is 0 Å². The van der Waals surface area contributed by atoms with E-state index in [0.717, 1.165) is 33.4 Å². The molecule has 0 aliphatic carbocycles. The van der Waals surface area contributed by atoms with Crippen molar-refractivity contribution in [3.8, 4) is 11.5 Å². The molecule has 0 amide bonds. The first-order valence-corrected chi connectivity index (χ1v) is 15.0. The van der Waals surface area contributed by atoms with Gasteiger partial charge in [-0.25, -0.2) is 0 Å². The van der Waals surface area contributed by atoms with Crippen molar-refractivity contribution >= 4 is 0 Å². The maximum absolute atomic E-state index is 11.7. The number of hydrogen-bond acceptors (Lipinski definition) is 2. The Hall–Kier alpha value is -3.52. The zero-order valence-corrected chi connectivity index (χ0v) is 26.7. The first kappa shape index (κ1) is 30.4. The molecule has 216 valence electrons. The predicted octanol–water partition coefficient (Wildman–Crippen LogP) is 10.2. The summed E-state index contributed by atoms with van der Waals surface area (Å²) >= 11 is 0. The molecule has 0 spiro atoms. The number of aromatic hydroxyl groups is 2. The minimum atomic E-state index is -0.385. The SMILES string of the molecule is Cc1cc(Cc2cc(C)cc(C(C)(C)c3ccc(C(C)C)cc3)c2O)c(O)c(C(C)(C)c2ccc(C(C)C)cc2)c1. The van der Waals surface area contributed by atoms with Crippen molar-refractivity contribution in [1.29, 1.82) is 0 Å². The summed E-state index contributed by atoms with van der Waals surface area (Å²) in [5.74, 6) is 1.56. The molecule has 0 saturated carbocycles. The zero-order valence-electron chi connectivity index (χ0n) is 26.7. The van der Waals surface area contributed by atoms with Crippen LogP contribution in [0.25, 0.3) is 0 Å². The third-order valence-corrected chi connectivity index (χ3v) is 8.99. The molecule has 0 aliphatic heterocycles. The van der Waals surface area contributed by atoms with Crippen molar-refractivity contribution in [3.63, 3.8) is 0 Å². The third kappa shape index (κ3) is 6.08. The number of phenolic OH excluding ortho intramolecular Hbond substituents is 2. The number of hydrogen-bond donors (Lipinski definition) is 2. The highest BCUT2D eigenvalue weighted by Crippen LogP contribution is 2.43. The van der Waals surface area contributed by atoms with Crippen molar-refractivity contribution in [1.82, 2.24) is 0 Å². The molecule has 0 atom stereocenters. The summed E-state index contributed by atoms with van der Waals surface area (Å²) in [5, 5.41) is 23.3. The second-order valence-electron chi connectivity index (χ2n) is 13.6. The van der Waals surface area contributed by atoms with E-state index >= 15 is 0 Å². The van der Waals surface area contributed by atoms with E-state index in [4.69, 9.17) is 0 Å². The quantitative estimate of drug-likeness (QED) is 0.230. The van der Waals surface area contributed by atoms with Crippen LogP contribution < -0.4 is 0 Å². The Morgan fingerprint density at radius 1 is 0.537 bits per heavy atom. The summed E-state index contributed by atoms with van der Waals surface area (Å²) in [6.07, 6.45) is 0.450.